The van der Waals surface area contributed by atoms with Crippen LogP contribution in [0.3, 0.4) is 0 Å². The van der Waals surface area contributed by atoms with Gasteiger partial charge in [0.1, 0.15) is 5.82 Å². The number of benzene rings is 1. The number of nitro benzene ring substituents is 1. The molecule has 1 aromatic carbocycles. The van der Waals surface area contributed by atoms with Crippen molar-refractivity contribution in [3.05, 3.63) is 40.4 Å². The summed E-state index contributed by atoms with van der Waals surface area (Å²) in [6, 6.07) is 8.47. The average molecular weight is 287 g/mol. The fraction of sp³-hybridized carbons (Fsp3) is 0.400. The van der Waals surface area contributed by atoms with E-state index in [1.165, 1.54) is 6.07 Å². The Balaban J connectivity index is 1.90. The van der Waals surface area contributed by atoms with Crippen LogP contribution in [0.1, 0.15) is 12.8 Å². The van der Waals surface area contributed by atoms with Crippen molar-refractivity contribution in [2.75, 3.05) is 24.6 Å². The molecule has 0 bridgehead atoms. The Morgan fingerprint density at radius 1 is 1.38 bits per heavy atom. The number of nitro groups is 1. The molecule has 0 saturated carbocycles. The van der Waals surface area contributed by atoms with Crippen molar-refractivity contribution in [1.29, 1.82) is 0 Å². The summed E-state index contributed by atoms with van der Waals surface area (Å²) < 4.78 is 0. The first-order chi connectivity index (χ1) is 10.2. The summed E-state index contributed by atoms with van der Waals surface area (Å²) in [7, 11) is 0. The Bertz CT molecular complexity index is 674. The molecule has 1 fully saturated rings. The molecule has 1 aliphatic heterocycles. The molecular weight excluding hydrogens is 270 g/mol. The Kier molecular flexibility index (Phi) is 3.70. The van der Waals surface area contributed by atoms with Crippen LogP contribution in [-0.2, 0) is 0 Å². The number of hydrogen-bond acceptors (Lipinski definition) is 5. The Morgan fingerprint density at radius 3 is 3.00 bits per heavy atom. The first-order valence-electron chi connectivity index (χ1n) is 7.08. The lowest BCUT2D eigenvalue weighted by atomic mass is 9.99. The summed E-state index contributed by atoms with van der Waals surface area (Å²) in [5.74, 6) is 1.17. The van der Waals surface area contributed by atoms with Crippen LogP contribution in [0.15, 0.2) is 30.3 Å². The second kappa shape index (κ2) is 5.65. The van der Waals surface area contributed by atoms with E-state index in [0.717, 1.165) is 42.7 Å². The van der Waals surface area contributed by atoms with Crippen molar-refractivity contribution in [3.8, 4) is 0 Å². The zero-order valence-corrected chi connectivity index (χ0v) is 11.6. The number of non-ortho nitro benzene ring substituents is 1. The van der Waals surface area contributed by atoms with Gasteiger partial charge in [-0.05, 0) is 37.0 Å². The molecule has 3 rings (SSSR count). The highest BCUT2D eigenvalue weighted by Crippen LogP contribution is 2.25. The Morgan fingerprint density at radius 2 is 2.24 bits per heavy atom. The zero-order valence-electron chi connectivity index (χ0n) is 11.6. The predicted octanol–water partition coefficient (Wildman–Crippen LogP) is 2.35. The fourth-order valence-electron chi connectivity index (χ4n) is 2.81. The topological polar surface area (TPSA) is 79.5 Å². The van der Waals surface area contributed by atoms with Gasteiger partial charge in [-0.25, -0.2) is 4.98 Å². The van der Waals surface area contributed by atoms with E-state index >= 15 is 0 Å². The van der Waals surface area contributed by atoms with Crippen LogP contribution in [0, 0.1) is 16.0 Å². The van der Waals surface area contributed by atoms with Crippen molar-refractivity contribution in [2.24, 2.45) is 5.92 Å². The van der Waals surface area contributed by atoms with Crippen molar-refractivity contribution in [3.63, 3.8) is 0 Å². The molecule has 1 unspecified atom stereocenters. The first kappa shape index (κ1) is 13.8. The molecular formula is C15H17N3O3. The SMILES string of the molecule is O=[N+]([O-])c1ccc2nc(N3CCCC(CO)C3)ccc2c1. The highest BCUT2D eigenvalue weighted by atomic mass is 16.6. The molecule has 0 radical (unpaired) electrons. The highest BCUT2D eigenvalue weighted by Gasteiger charge is 2.20. The van der Waals surface area contributed by atoms with Gasteiger partial charge in [0.25, 0.3) is 5.69 Å². The smallest absolute Gasteiger partial charge is 0.270 e. The van der Waals surface area contributed by atoms with Gasteiger partial charge >= 0.3 is 0 Å². The summed E-state index contributed by atoms with van der Waals surface area (Å²) in [6.45, 7) is 1.94. The van der Waals surface area contributed by atoms with Gasteiger partial charge in [-0.2, -0.15) is 0 Å². The maximum atomic E-state index is 10.8. The maximum absolute atomic E-state index is 10.8. The van der Waals surface area contributed by atoms with E-state index < -0.39 is 4.92 Å². The van der Waals surface area contributed by atoms with Crippen molar-refractivity contribution in [1.82, 2.24) is 4.98 Å². The van der Waals surface area contributed by atoms with Crippen molar-refractivity contribution >= 4 is 22.4 Å². The number of anilines is 1. The Hall–Kier alpha value is -2.21. The summed E-state index contributed by atoms with van der Waals surface area (Å²) in [5.41, 5.74) is 0.833. The van der Waals surface area contributed by atoms with E-state index in [4.69, 9.17) is 0 Å². The fourth-order valence-corrected chi connectivity index (χ4v) is 2.81. The minimum Gasteiger partial charge on any atom is -0.396 e. The van der Waals surface area contributed by atoms with Gasteiger partial charge in [0.05, 0.1) is 10.4 Å². The summed E-state index contributed by atoms with van der Waals surface area (Å²) in [4.78, 5) is 17.1. The first-order valence-corrected chi connectivity index (χ1v) is 7.08. The average Bonchev–Trinajstić information content (AvgIpc) is 2.53. The van der Waals surface area contributed by atoms with E-state index in [9.17, 15) is 15.2 Å². The van der Waals surface area contributed by atoms with Gasteiger partial charge in [0, 0.05) is 37.2 Å². The third kappa shape index (κ3) is 2.80. The molecule has 0 spiro atoms. The van der Waals surface area contributed by atoms with Gasteiger partial charge in [0.2, 0.25) is 0 Å². The molecule has 2 aromatic rings. The number of hydrogen-bond donors (Lipinski definition) is 1. The van der Waals surface area contributed by atoms with Gasteiger partial charge in [-0.15, -0.1) is 0 Å². The second-order valence-corrected chi connectivity index (χ2v) is 5.44. The summed E-state index contributed by atoms with van der Waals surface area (Å²) in [6.07, 6.45) is 2.10. The number of nitrogens with zero attached hydrogens (tertiary/aromatic N) is 3. The van der Waals surface area contributed by atoms with Crippen molar-refractivity contribution < 1.29 is 10.0 Å². The third-order valence-corrected chi connectivity index (χ3v) is 3.97. The van der Waals surface area contributed by atoms with Crippen molar-refractivity contribution in [2.45, 2.75) is 12.8 Å². The van der Waals surface area contributed by atoms with Crippen LogP contribution in [0.25, 0.3) is 10.9 Å². The molecule has 1 aliphatic rings. The van der Waals surface area contributed by atoms with Gasteiger partial charge < -0.3 is 10.0 Å². The van der Waals surface area contributed by atoms with Crippen LogP contribution in [0.5, 0.6) is 0 Å². The second-order valence-electron chi connectivity index (χ2n) is 5.44. The van der Waals surface area contributed by atoms with E-state index in [2.05, 4.69) is 9.88 Å². The van der Waals surface area contributed by atoms with Crippen LogP contribution >= 0.6 is 0 Å². The number of pyridine rings is 1. The number of aliphatic hydroxyl groups excluding tert-OH is 1. The molecule has 21 heavy (non-hydrogen) atoms. The van der Waals surface area contributed by atoms with Crippen LogP contribution in [0.4, 0.5) is 11.5 Å². The van der Waals surface area contributed by atoms with Crippen LogP contribution in [-0.4, -0.2) is 34.7 Å². The van der Waals surface area contributed by atoms with Gasteiger partial charge in [-0.1, -0.05) is 0 Å². The standard InChI is InChI=1S/C15H17N3O3/c19-10-11-2-1-7-17(9-11)15-6-3-12-8-13(18(20)21)4-5-14(12)16-15/h3-6,8,11,19H,1-2,7,9-10H2. The quantitative estimate of drug-likeness (QED) is 0.692. The van der Waals surface area contributed by atoms with E-state index in [-0.39, 0.29) is 12.3 Å². The molecule has 1 atom stereocenters. The number of aromatic nitrogens is 1. The van der Waals surface area contributed by atoms with Gasteiger partial charge in [0.15, 0.2) is 0 Å². The molecule has 2 heterocycles. The van der Waals surface area contributed by atoms with E-state index in [0.29, 0.717) is 5.92 Å². The molecule has 1 N–H and O–H groups in total. The zero-order chi connectivity index (χ0) is 14.8. The molecule has 6 nitrogen and oxygen atoms in total. The summed E-state index contributed by atoms with van der Waals surface area (Å²) >= 11 is 0. The lowest BCUT2D eigenvalue weighted by Gasteiger charge is -2.32. The number of aliphatic hydroxyl groups is 1. The molecule has 1 saturated heterocycles. The third-order valence-electron chi connectivity index (χ3n) is 3.97. The van der Waals surface area contributed by atoms with E-state index in [1.54, 1.807) is 12.1 Å². The Labute approximate surface area is 122 Å². The lowest BCUT2D eigenvalue weighted by molar-refractivity contribution is -0.384. The maximum Gasteiger partial charge on any atom is 0.270 e. The lowest BCUT2D eigenvalue weighted by Crippen LogP contribution is -2.37. The van der Waals surface area contributed by atoms with Crippen LogP contribution in [0.2, 0.25) is 0 Å². The summed E-state index contributed by atoms with van der Waals surface area (Å²) in [5, 5.41) is 20.8. The van der Waals surface area contributed by atoms with E-state index in [1.807, 2.05) is 12.1 Å². The van der Waals surface area contributed by atoms with Gasteiger partial charge in [-0.3, -0.25) is 10.1 Å². The largest absolute Gasteiger partial charge is 0.396 e. The number of piperidine rings is 1. The molecule has 0 aliphatic carbocycles. The molecule has 110 valence electrons. The highest BCUT2D eigenvalue weighted by molar-refractivity contribution is 5.82. The number of rotatable bonds is 3. The minimum atomic E-state index is -0.399. The predicted molar refractivity (Wildman–Crippen MR) is 80.4 cm³/mol. The monoisotopic (exact) mass is 287 g/mol. The molecule has 6 heteroatoms. The molecule has 1 aromatic heterocycles. The van der Waals surface area contributed by atoms with Crippen LogP contribution < -0.4 is 4.90 Å². The molecule has 0 amide bonds. The number of fused-ring (bicyclic) bond motifs is 1. The minimum absolute atomic E-state index is 0.0790. The normalized spacial score (nSPS) is 18.9.